The summed E-state index contributed by atoms with van der Waals surface area (Å²) in [5.41, 5.74) is 0. The zero-order valence-electron chi connectivity index (χ0n) is 11.1. The fourth-order valence-corrected chi connectivity index (χ4v) is 1.76. The summed E-state index contributed by atoms with van der Waals surface area (Å²) in [6.07, 6.45) is 12.6. The molecule has 0 aromatic carbocycles. The third-order valence-electron chi connectivity index (χ3n) is 2.73. The summed E-state index contributed by atoms with van der Waals surface area (Å²) in [7, 11) is 0. The van der Waals surface area contributed by atoms with Crippen molar-refractivity contribution >= 4 is 5.97 Å². The molecule has 0 aliphatic heterocycles. The Morgan fingerprint density at radius 1 is 0.812 bits per heavy atom. The van der Waals surface area contributed by atoms with Crippen LogP contribution in [0.1, 0.15) is 77.6 Å². The predicted octanol–water partition coefficient (Wildman–Crippen LogP) is 0.0513. The van der Waals surface area contributed by atoms with Gasteiger partial charge in [-0.15, -0.1) is 0 Å². The number of unbranched alkanes of at least 4 members (excludes halogenated alkanes) is 9. The molecule has 0 aliphatic carbocycles. The fourth-order valence-electron chi connectivity index (χ4n) is 1.76. The van der Waals surface area contributed by atoms with Gasteiger partial charge in [-0.2, -0.15) is 0 Å². The summed E-state index contributed by atoms with van der Waals surface area (Å²) in [5.74, 6) is -0.908. The first-order valence-corrected chi connectivity index (χ1v) is 6.47. The Morgan fingerprint density at radius 3 is 1.56 bits per heavy atom. The van der Waals surface area contributed by atoms with Crippen LogP contribution in [0.5, 0.6) is 0 Å². The summed E-state index contributed by atoms with van der Waals surface area (Å²) in [5, 5.41) is 10.1. The molecule has 0 saturated heterocycles. The van der Waals surface area contributed by atoms with E-state index in [1.165, 1.54) is 51.4 Å². The van der Waals surface area contributed by atoms with Crippen LogP contribution in [0, 0.1) is 0 Å². The third kappa shape index (κ3) is 17.7. The van der Waals surface area contributed by atoms with E-state index in [0.29, 0.717) is 0 Å². The van der Waals surface area contributed by atoms with Crippen molar-refractivity contribution in [3.8, 4) is 0 Å². The van der Waals surface area contributed by atoms with Crippen LogP contribution in [0.15, 0.2) is 0 Å². The molecule has 0 unspecified atom stereocenters. The van der Waals surface area contributed by atoms with Gasteiger partial charge < -0.3 is 9.90 Å². The van der Waals surface area contributed by atoms with Gasteiger partial charge in [0.1, 0.15) is 0 Å². The van der Waals surface area contributed by atoms with Gasteiger partial charge in [0.05, 0.1) is 0 Å². The zero-order chi connectivity index (χ0) is 11.4. The third-order valence-corrected chi connectivity index (χ3v) is 2.73. The molecule has 0 aromatic heterocycles. The molecule has 0 amide bonds. The van der Waals surface area contributed by atoms with Gasteiger partial charge in [0.15, 0.2) is 0 Å². The number of hydrogen-bond acceptors (Lipinski definition) is 2. The van der Waals surface area contributed by atoms with Crippen LogP contribution < -0.4 is 63.3 Å². The minimum absolute atomic E-state index is 0. The van der Waals surface area contributed by atoms with Crippen LogP contribution >= 0.6 is 0 Å². The van der Waals surface area contributed by atoms with Gasteiger partial charge in [0.25, 0.3) is 0 Å². The van der Waals surface area contributed by atoms with E-state index in [2.05, 4.69) is 6.92 Å². The van der Waals surface area contributed by atoms with Crippen LogP contribution in [0.3, 0.4) is 0 Å². The molecule has 0 rings (SSSR count). The summed E-state index contributed by atoms with van der Waals surface area (Å²) in [6, 6.07) is 0. The summed E-state index contributed by atoms with van der Waals surface area (Å²) in [4.78, 5) is 10.1. The molecule has 16 heavy (non-hydrogen) atoms. The maximum Gasteiger partial charge on any atom is 1.00 e. The number of hydrogen-bond donors (Lipinski definition) is 0. The molecule has 0 fully saturated rings. The fraction of sp³-hybridized carbons (Fsp3) is 0.923. The van der Waals surface area contributed by atoms with Crippen molar-refractivity contribution in [2.24, 2.45) is 0 Å². The normalized spacial score (nSPS) is 9.81. The van der Waals surface area contributed by atoms with E-state index in [0.717, 1.165) is 12.8 Å². The summed E-state index contributed by atoms with van der Waals surface area (Å²) in [6.45, 7) is 2.23. The van der Waals surface area contributed by atoms with Crippen molar-refractivity contribution in [1.82, 2.24) is 0 Å². The predicted molar refractivity (Wildman–Crippen MR) is 61.5 cm³/mol. The Morgan fingerprint density at radius 2 is 1.19 bits per heavy atom. The van der Waals surface area contributed by atoms with Crippen LogP contribution in [0.2, 0.25) is 0 Å². The quantitative estimate of drug-likeness (QED) is 0.506. The first-order chi connectivity index (χ1) is 7.27. The van der Waals surface area contributed by atoms with Crippen molar-refractivity contribution in [1.29, 1.82) is 0 Å². The molecular weight excluding hydrogens is 274 g/mol. The number of rotatable bonds is 11. The monoisotopic (exact) mass is 298 g/mol. The second kappa shape index (κ2) is 16.3. The smallest absolute Gasteiger partial charge is 0.550 e. The van der Waals surface area contributed by atoms with E-state index in [1.54, 1.807) is 0 Å². The van der Waals surface area contributed by atoms with E-state index in [9.17, 15) is 9.90 Å². The molecule has 0 atom stereocenters. The van der Waals surface area contributed by atoms with Gasteiger partial charge in [-0.25, -0.2) is 0 Å². The van der Waals surface area contributed by atoms with E-state index >= 15 is 0 Å². The van der Waals surface area contributed by atoms with Gasteiger partial charge in [-0.3, -0.25) is 0 Å². The molecule has 0 spiro atoms. The number of carbonyl (C=O) groups excluding carboxylic acids is 1. The van der Waals surface area contributed by atoms with Gasteiger partial charge in [-0.05, 0) is 12.8 Å². The van der Waals surface area contributed by atoms with E-state index in [-0.39, 0.29) is 64.6 Å². The van der Waals surface area contributed by atoms with E-state index in [4.69, 9.17) is 0 Å². The average molecular weight is 299 g/mol. The molecule has 0 saturated carbocycles. The Kier molecular flexibility index (Phi) is 19.9. The van der Waals surface area contributed by atoms with Crippen molar-refractivity contribution in [3.05, 3.63) is 0 Å². The first-order valence-electron chi connectivity index (χ1n) is 6.47. The minimum Gasteiger partial charge on any atom is -0.550 e. The van der Waals surface area contributed by atoms with E-state index in [1.807, 2.05) is 0 Å². The van der Waals surface area contributed by atoms with Crippen molar-refractivity contribution in [2.45, 2.75) is 77.6 Å². The molecule has 0 N–H and O–H groups in total. The largest absolute Gasteiger partial charge is 1.00 e. The number of carboxylic acid groups (broad SMARTS) is 1. The molecule has 2 nitrogen and oxygen atoms in total. The first kappa shape index (κ1) is 19.6. The second-order valence-electron chi connectivity index (χ2n) is 4.30. The molecule has 0 bridgehead atoms. The molecule has 0 heterocycles. The van der Waals surface area contributed by atoms with Crippen molar-refractivity contribution < 1.29 is 68.1 Å². The topological polar surface area (TPSA) is 40.1 Å². The van der Waals surface area contributed by atoms with Gasteiger partial charge in [-0.1, -0.05) is 64.7 Å². The Balaban J connectivity index is 0. The van der Waals surface area contributed by atoms with E-state index < -0.39 is 5.97 Å². The maximum atomic E-state index is 10.1. The van der Waals surface area contributed by atoms with Gasteiger partial charge in [0, 0.05) is 5.97 Å². The molecule has 0 aliphatic rings. The average Bonchev–Trinajstić information content (AvgIpc) is 2.20. The number of carbonyl (C=O) groups is 1. The number of carboxylic acids is 1. The summed E-state index contributed by atoms with van der Waals surface area (Å²) >= 11 is 0. The van der Waals surface area contributed by atoms with Crippen LogP contribution in [-0.4, -0.2) is 5.97 Å². The second-order valence-corrected chi connectivity index (χ2v) is 4.30. The van der Waals surface area contributed by atoms with Gasteiger partial charge >= 0.3 is 58.2 Å². The number of aliphatic carboxylic acids is 1. The standard InChI is InChI=1S/C13H26O2.Rb/c1-2-3-4-5-6-7-8-9-10-11-12-13(14)15;/h2-12H2,1H3,(H,14,15);/q;+1/p-1. The Hall–Kier alpha value is 1.28. The SMILES string of the molecule is CCCCCCCCCCCCC(=O)[O-].[Rb+]. The molecule has 90 valence electrons. The molecular formula is C13H25O2Rb. The Bertz CT molecular complexity index is 149. The van der Waals surface area contributed by atoms with Crippen molar-refractivity contribution in [2.75, 3.05) is 0 Å². The maximum absolute atomic E-state index is 10.1. The minimum atomic E-state index is -0.908. The van der Waals surface area contributed by atoms with Crippen LogP contribution in [0.25, 0.3) is 0 Å². The molecule has 0 radical (unpaired) electrons. The summed E-state index contributed by atoms with van der Waals surface area (Å²) < 4.78 is 0. The van der Waals surface area contributed by atoms with Crippen molar-refractivity contribution in [3.63, 3.8) is 0 Å². The van der Waals surface area contributed by atoms with Gasteiger partial charge in [0.2, 0.25) is 0 Å². The molecule has 0 aromatic rings. The molecule has 3 heteroatoms. The Labute approximate surface area is 149 Å². The van der Waals surface area contributed by atoms with Crippen LogP contribution in [-0.2, 0) is 4.79 Å². The zero-order valence-corrected chi connectivity index (χ0v) is 16.0. The van der Waals surface area contributed by atoms with Crippen LogP contribution in [0.4, 0.5) is 0 Å².